The smallest absolute Gasteiger partial charge is 0.339 e. The second-order valence-corrected chi connectivity index (χ2v) is 5.45. The molecule has 19 heavy (non-hydrogen) atoms. The van der Waals surface area contributed by atoms with E-state index in [-0.39, 0.29) is 5.56 Å². The van der Waals surface area contributed by atoms with Gasteiger partial charge in [0.05, 0.1) is 6.61 Å². The molecule has 104 valence electrons. The van der Waals surface area contributed by atoms with Crippen molar-refractivity contribution in [1.82, 2.24) is 0 Å². The molecular formula is C16H22O3. The largest absolute Gasteiger partial charge is 0.493 e. The van der Waals surface area contributed by atoms with Gasteiger partial charge in [-0.05, 0) is 37.0 Å². The monoisotopic (exact) mass is 262 g/mol. The summed E-state index contributed by atoms with van der Waals surface area (Å²) in [5.74, 6) is 0.336. The van der Waals surface area contributed by atoms with Crippen LogP contribution in [0.5, 0.6) is 5.75 Å². The van der Waals surface area contributed by atoms with E-state index in [1.165, 1.54) is 32.1 Å². The normalized spacial score (nSPS) is 16.3. The van der Waals surface area contributed by atoms with E-state index in [9.17, 15) is 4.79 Å². The first kappa shape index (κ1) is 13.9. The minimum absolute atomic E-state index is 0.259. The molecule has 0 amide bonds. The summed E-state index contributed by atoms with van der Waals surface area (Å²) in [7, 11) is 0. The van der Waals surface area contributed by atoms with E-state index in [2.05, 4.69) is 0 Å². The molecule has 0 bridgehead atoms. The first-order valence-corrected chi connectivity index (χ1v) is 7.13. The number of carboxylic acids is 1. The minimum atomic E-state index is -0.923. The number of carboxylic acid groups (broad SMARTS) is 1. The van der Waals surface area contributed by atoms with Crippen LogP contribution >= 0.6 is 0 Å². The first-order valence-electron chi connectivity index (χ1n) is 7.13. The van der Waals surface area contributed by atoms with Gasteiger partial charge in [0.2, 0.25) is 0 Å². The van der Waals surface area contributed by atoms with Crippen LogP contribution in [0.4, 0.5) is 0 Å². The van der Waals surface area contributed by atoms with E-state index in [4.69, 9.17) is 9.84 Å². The van der Waals surface area contributed by atoms with E-state index in [0.717, 1.165) is 17.9 Å². The maximum Gasteiger partial charge on any atom is 0.339 e. The number of hydrogen-bond acceptors (Lipinski definition) is 2. The van der Waals surface area contributed by atoms with Gasteiger partial charge in [0, 0.05) is 0 Å². The van der Waals surface area contributed by atoms with Gasteiger partial charge < -0.3 is 9.84 Å². The van der Waals surface area contributed by atoms with Gasteiger partial charge >= 0.3 is 5.97 Å². The lowest BCUT2D eigenvalue weighted by Gasteiger charge is -2.21. The van der Waals surface area contributed by atoms with Crippen LogP contribution in [0.25, 0.3) is 0 Å². The molecule has 0 unspecified atom stereocenters. The van der Waals surface area contributed by atoms with Gasteiger partial charge in [0.15, 0.2) is 0 Å². The van der Waals surface area contributed by atoms with Crippen molar-refractivity contribution in [2.75, 3.05) is 6.61 Å². The molecule has 3 nitrogen and oxygen atoms in total. The van der Waals surface area contributed by atoms with Crippen LogP contribution in [-0.2, 0) is 0 Å². The molecule has 3 heteroatoms. The van der Waals surface area contributed by atoms with Crippen LogP contribution in [-0.4, -0.2) is 17.7 Å². The van der Waals surface area contributed by atoms with Crippen LogP contribution in [0.15, 0.2) is 18.2 Å². The van der Waals surface area contributed by atoms with Crippen molar-refractivity contribution < 1.29 is 14.6 Å². The van der Waals surface area contributed by atoms with Gasteiger partial charge in [-0.25, -0.2) is 4.79 Å². The SMILES string of the molecule is Cc1ccc(C(=O)O)c(OCCC2CCCCC2)c1. The van der Waals surface area contributed by atoms with Crippen LogP contribution in [0.1, 0.15) is 54.4 Å². The molecule has 0 spiro atoms. The summed E-state index contributed by atoms with van der Waals surface area (Å²) in [6.07, 6.45) is 7.64. The number of aryl methyl sites for hydroxylation is 1. The summed E-state index contributed by atoms with van der Waals surface area (Å²) in [6, 6.07) is 5.23. The van der Waals surface area contributed by atoms with Crippen molar-refractivity contribution in [1.29, 1.82) is 0 Å². The molecule has 1 N–H and O–H groups in total. The maximum atomic E-state index is 11.1. The lowest BCUT2D eigenvalue weighted by molar-refractivity contribution is 0.0692. The third kappa shape index (κ3) is 3.98. The van der Waals surface area contributed by atoms with Gasteiger partial charge in [-0.3, -0.25) is 0 Å². The van der Waals surface area contributed by atoms with Gasteiger partial charge in [-0.15, -0.1) is 0 Å². The second-order valence-electron chi connectivity index (χ2n) is 5.45. The number of aromatic carboxylic acids is 1. The van der Waals surface area contributed by atoms with Gasteiger partial charge in [-0.1, -0.05) is 38.2 Å². The average Bonchev–Trinajstić information content (AvgIpc) is 2.39. The maximum absolute atomic E-state index is 11.1. The van der Waals surface area contributed by atoms with Crippen molar-refractivity contribution in [2.24, 2.45) is 5.92 Å². The third-order valence-electron chi connectivity index (χ3n) is 3.88. The quantitative estimate of drug-likeness (QED) is 0.871. The minimum Gasteiger partial charge on any atom is -0.493 e. The Morgan fingerprint density at radius 3 is 2.74 bits per heavy atom. The molecule has 0 radical (unpaired) electrons. The van der Waals surface area contributed by atoms with E-state index in [1.807, 2.05) is 13.0 Å². The molecule has 0 aliphatic heterocycles. The topological polar surface area (TPSA) is 46.5 Å². The van der Waals surface area contributed by atoms with Crippen LogP contribution in [0.2, 0.25) is 0 Å². The fourth-order valence-electron chi connectivity index (χ4n) is 2.74. The zero-order valence-corrected chi connectivity index (χ0v) is 11.5. The zero-order valence-electron chi connectivity index (χ0n) is 11.5. The Hall–Kier alpha value is -1.51. The fraction of sp³-hybridized carbons (Fsp3) is 0.562. The molecule has 1 saturated carbocycles. The molecule has 0 atom stereocenters. The third-order valence-corrected chi connectivity index (χ3v) is 3.88. The lowest BCUT2D eigenvalue weighted by Crippen LogP contribution is -2.12. The van der Waals surface area contributed by atoms with Crippen molar-refractivity contribution >= 4 is 5.97 Å². The molecule has 1 aliphatic carbocycles. The fourth-order valence-corrected chi connectivity index (χ4v) is 2.74. The highest BCUT2D eigenvalue weighted by molar-refractivity contribution is 5.90. The van der Waals surface area contributed by atoms with Gasteiger partial charge in [0.25, 0.3) is 0 Å². The summed E-state index contributed by atoms with van der Waals surface area (Å²) in [5, 5.41) is 9.12. The summed E-state index contributed by atoms with van der Waals surface area (Å²) >= 11 is 0. The van der Waals surface area contributed by atoms with Crippen LogP contribution < -0.4 is 4.74 Å². The van der Waals surface area contributed by atoms with Crippen LogP contribution in [0.3, 0.4) is 0 Å². The van der Waals surface area contributed by atoms with E-state index in [0.29, 0.717) is 12.4 Å². The van der Waals surface area contributed by atoms with Crippen molar-refractivity contribution in [3.8, 4) is 5.75 Å². The second kappa shape index (κ2) is 6.60. The van der Waals surface area contributed by atoms with Gasteiger partial charge in [0.1, 0.15) is 11.3 Å². The Labute approximate surface area is 114 Å². The molecular weight excluding hydrogens is 240 g/mol. The number of ether oxygens (including phenoxy) is 1. The lowest BCUT2D eigenvalue weighted by atomic mass is 9.87. The predicted molar refractivity (Wildman–Crippen MR) is 74.8 cm³/mol. The highest BCUT2D eigenvalue weighted by Gasteiger charge is 2.15. The predicted octanol–water partition coefficient (Wildman–Crippen LogP) is 4.04. The molecule has 1 fully saturated rings. The average molecular weight is 262 g/mol. The molecule has 1 aromatic rings. The molecule has 1 aliphatic rings. The standard InChI is InChI=1S/C16H22O3/c1-12-7-8-14(16(17)18)15(11-12)19-10-9-13-5-3-2-4-6-13/h7-8,11,13H,2-6,9-10H2,1H3,(H,17,18). The van der Waals surface area contributed by atoms with E-state index >= 15 is 0 Å². The Balaban J connectivity index is 1.91. The number of hydrogen-bond donors (Lipinski definition) is 1. The summed E-state index contributed by atoms with van der Waals surface area (Å²) in [5.41, 5.74) is 1.28. The molecule has 0 heterocycles. The molecule has 1 aromatic carbocycles. The summed E-state index contributed by atoms with van der Waals surface area (Å²) < 4.78 is 5.70. The van der Waals surface area contributed by atoms with Gasteiger partial charge in [-0.2, -0.15) is 0 Å². The molecule has 2 rings (SSSR count). The Bertz CT molecular complexity index is 434. The number of carbonyl (C=O) groups is 1. The van der Waals surface area contributed by atoms with E-state index in [1.54, 1.807) is 12.1 Å². The summed E-state index contributed by atoms with van der Waals surface area (Å²) in [4.78, 5) is 11.1. The van der Waals surface area contributed by atoms with E-state index < -0.39 is 5.97 Å². The Morgan fingerprint density at radius 2 is 2.05 bits per heavy atom. The molecule has 0 saturated heterocycles. The Morgan fingerprint density at radius 1 is 1.32 bits per heavy atom. The van der Waals surface area contributed by atoms with Crippen molar-refractivity contribution in [3.63, 3.8) is 0 Å². The highest BCUT2D eigenvalue weighted by Crippen LogP contribution is 2.27. The van der Waals surface area contributed by atoms with Crippen molar-refractivity contribution in [2.45, 2.75) is 45.4 Å². The zero-order chi connectivity index (χ0) is 13.7. The van der Waals surface area contributed by atoms with Crippen LogP contribution in [0, 0.1) is 12.8 Å². The number of rotatable bonds is 5. The Kier molecular flexibility index (Phi) is 4.83. The summed E-state index contributed by atoms with van der Waals surface area (Å²) in [6.45, 7) is 2.56. The molecule has 0 aromatic heterocycles. The van der Waals surface area contributed by atoms with Crippen molar-refractivity contribution in [3.05, 3.63) is 29.3 Å². The highest BCUT2D eigenvalue weighted by atomic mass is 16.5. The number of benzene rings is 1. The first-order chi connectivity index (χ1) is 9.16.